The molecule has 1 amide bonds. The van der Waals surface area contributed by atoms with Crippen LogP contribution in [0.3, 0.4) is 0 Å². The number of amides is 1. The van der Waals surface area contributed by atoms with E-state index in [9.17, 15) is 4.79 Å². The number of hydrogen-bond donors (Lipinski definition) is 2. The van der Waals surface area contributed by atoms with E-state index in [0.29, 0.717) is 10.1 Å². The highest BCUT2D eigenvalue weighted by Gasteiger charge is 2.15. The van der Waals surface area contributed by atoms with Gasteiger partial charge in [0.25, 0.3) is 5.91 Å². The highest BCUT2D eigenvalue weighted by molar-refractivity contribution is 7.17. The van der Waals surface area contributed by atoms with Gasteiger partial charge < -0.3 is 10.6 Å². The molecule has 0 bridgehead atoms. The molecule has 0 aliphatic heterocycles. The first-order valence-electron chi connectivity index (χ1n) is 7.15. The lowest BCUT2D eigenvalue weighted by atomic mass is 9.87. The molecule has 0 saturated heterocycles. The van der Waals surface area contributed by atoms with Crippen molar-refractivity contribution in [3.8, 4) is 0 Å². The molecule has 2 N–H and O–H groups in total. The van der Waals surface area contributed by atoms with E-state index in [1.807, 2.05) is 6.92 Å². The number of nitrogens with one attached hydrogen (secondary N) is 2. The van der Waals surface area contributed by atoms with Crippen LogP contribution in [0.25, 0.3) is 0 Å². The van der Waals surface area contributed by atoms with Crippen LogP contribution in [0, 0.1) is 5.92 Å². The molecule has 1 aliphatic rings. The molecule has 0 unspecified atom stereocenters. The van der Waals surface area contributed by atoms with E-state index in [-0.39, 0.29) is 5.91 Å². The third-order valence-corrected chi connectivity index (χ3v) is 4.39. The van der Waals surface area contributed by atoms with Gasteiger partial charge in [-0.15, -0.1) is 10.2 Å². The minimum atomic E-state index is -0.0996. The summed E-state index contributed by atoms with van der Waals surface area (Å²) in [6, 6.07) is 0. The predicted molar refractivity (Wildman–Crippen MR) is 77.6 cm³/mol. The molecule has 0 aromatic carbocycles. The second-order valence-corrected chi connectivity index (χ2v) is 5.97. The maximum atomic E-state index is 11.9. The fraction of sp³-hybridized carbons (Fsp3) is 0.769. The molecule has 0 radical (unpaired) electrons. The van der Waals surface area contributed by atoms with Crippen LogP contribution in [0.2, 0.25) is 0 Å². The molecule has 0 atom stereocenters. The van der Waals surface area contributed by atoms with Crippen molar-refractivity contribution in [1.29, 1.82) is 0 Å². The van der Waals surface area contributed by atoms with Crippen LogP contribution in [-0.4, -0.2) is 29.2 Å². The van der Waals surface area contributed by atoms with Crippen LogP contribution in [0.4, 0.5) is 5.13 Å². The molecule has 1 saturated carbocycles. The number of aromatic nitrogens is 2. The monoisotopic (exact) mass is 282 g/mol. The maximum Gasteiger partial charge on any atom is 0.282 e. The lowest BCUT2D eigenvalue weighted by Crippen LogP contribution is -2.26. The first kappa shape index (κ1) is 14.2. The first-order chi connectivity index (χ1) is 9.29. The van der Waals surface area contributed by atoms with Crippen LogP contribution in [-0.2, 0) is 0 Å². The minimum absolute atomic E-state index is 0.0996. The average molecular weight is 282 g/mol. The SMILES string of the molecule is CCNc1nnc(C(=O)NCCC2CCCCC2)s1. The van der Waals surface area contributed by atoms with Gasteiger partial charge in [0.15, 0.2) is 0 Å². The van der Waals surface area contributed by atoms with Gasteiger partial charge in [0, 0.05) is 13.1 Å². The molecule has 1 aliphatic carbocycles. The van der Waals surface area contributed by atoms with Gasteiger partial charge in [-0.3, -0.25) is 4.79 Å². The van der Waals surface area contributed by atoms with Crippen molar-refractivity contribution >= 4 is 22.4 Å². The quantitative estimate of drug-likeness (QED) is 0.842. The van der Waals surface area contributed by atoms with E-state index in [2.05, 4.69) is 20.8 Å². The third kappa shape index (κ3) is 4.45. The lowest BCUT2D eigenvalue weighted by molar-refractivity contribution is 0.0949. The number of anilines is 1. The van der Waals surface area contributed by atoms with Gasteiger partial charge in [-0.1, -0.05) is 43.4 Å². The van der Waals surface area contributed by atoms with Crippen molar-refractivity contribution in [3.05, 3.63) is 5.01 Å². The van der Waals surface area contributed by atoms with Gasteiger partial charge >= 0.3 is 0 Å². The Kier molecular flexibility index (Phi) is 5.57. The lowest BCUT2D eigenvalue weighted by Gasteiger charge is -2.21. The largest absolute Gasteiger partial charge is 0.360 e. The van der Waals surface area contributed by atoms with Crippen LogP contribution >= 0.6 is 11.3 Å². The van der Waals surface area contributed by atoms with Gasteiger partial charge in [-0.25, -0.2) is 0 Å². The summed E-state index contributed by atoms with van der Waals surface area (Å²) in [6.07, 6.45) is 7.80. The zero-order valence-corrected chi connectivity index (χ0v) is 12.3. The number of rotatable bonds is 6. The van der Waals surface area contributed by atoms with Crippen LogP contribution < -0.4 is 10.6 Å². The summed E-state index contributed by atoms with van der Waals surface area (Å²) in [7, 11) is 0. The van der Waals surface area contributed by atoms with Crippen molar-refractivity contribution in [3.63, 3.8) is 0 Å². The predicted octanol–water partition coefficient (Wildman–Crippen LogP) is 2.67. The van der Waals surface area contributed by atoms with Crippen LogP contribution in [0.1, 0.15) is 55.3 Å². The van der Waals surface area contributed by atoms with Gasteiger partial charge in [0.05, 0.1) is 0 Å². The highest BCUT2D eigenvalue weighted by Crippen LogP contribution is 2.25. The Hall–Kier alpha value is -1.17. The van der Waals surface area contributed by atoms with E-state index in [4.69, 9.17) is 0 Å². The van der Waals surface area contributed by atoms with E-state index < -0.39 is 0 Å². The summed E-state index contributed by atoms with van der Waals surface area (Å²) in [4.78, 5) is 11.9. The summed E-state index contributed by atoms with van der Waals surface area (Å²) in [6.45, 7) is 3.53. The van der Waals surface area contributed by atoms with Crippen molar-refractivity contribution in [2.75, 3.05) is 18.4 Å². The molecule has 1 heterocycles. The third-order valence-electron chi connectivity index (χ3n) is 3.51. The topological polar surface area (TPSA) is 66.9 Å². The van der Waals surface area contributed by atoms with Crippen molar-refractivity contribution in [2.45, 2.75) is 45.4 Å². The van der Waals surface area contributed by atoms with Gasteiger partial charge in [0.1, 0.15) is 0 Å². The molecule has 1 aromatic rings. The highest BCUT2D eigenvalue weighted by atomic mass is 32.1. The molecule has 6 heteroatoms. The summed E-state index contributed by atoms with van der Waals surface area (Å²) in [5.41, 5.74) is 0. The number of carbonyl (C=O) groups excluding carboxylic acids is 1. The summed E-state index contributed by atoms with van der Waals surface area (Å²) >= 11 is 1.31. The molecule has 5 nitrogen and oxygen atoms in total. The standard InChI is InChI=1S/C13H22N4OS/c1-2-14-13-17-16-12(19-13)11(18)15-9-8-10-6-4-3-5-7-10/h10H,2-9H2,1H3,(H,14,17)(H,15,18). The molecular weight excluding hydrogens is 260 g/mol. The minimum Gasteiger partial charge on any atom is -0.360 e. The summed E-state index contributed by atoms with van der Waals surface area (Å²) in [5.74, 6) is 0.693. The second kappa shape index (κ2) is 7.43. The normalized spacial score (nSPS) is 16.3. The number of nitrogens with zero attached hydrogens (tertiary/aromatic N) is 2. The zero-order chi connectivity index (χ0) is 13.5. The van der Waals surface area contributed by atoms with Crippen molar-refractivity contribution in [1.82, 2.24) is 15.5 Å². The van der Waals surface area contributed by atoms with E-state index >= 15 is 0 Å². The van der Waals surface area contributed by atoms with E-state index in [0.717, 1.165) is 25.4 Å². The Morgan fingerprint density at radius 3 is 2.84 bits per heavy atom. The number of carbonyl (C=O) groups is 1. The Labute approximate surface area is 118 Å². The van der Waals surface area contributed by atoms with Gasteiger partial charge in [-0.2, -0.15) is 0 Å². The Bertz CT molecular complexity index is 401. The molecule has 1 aromatic heterocycles. The van der Waals surface area contributed by atoms with Gasteiger partial charge in [-0.05, 0) is 19.3 Å². The Morgan fingerprint density at radius 2 is 2.11 bits per heavy atom. The Balaban J connectivity index is 1.70. The second-order valence-electron chi connectivity index (χ2n) is 4.99. The number of hydrogen-bond acceptors (Lipinski definition) is 5. The summed E-state index contributed by atoms with van der Waals surface area (Å²) in [5, 5.41) is 15.0. The molecular formula is C13H22N4OS. The van der Waals surface area contributed by atoms with E-state index in [1.165, 1.54) is 43.4 Å². The molecule has 0 spiro atoms. The smallest absolute Gasteiger partial charge is 0.282 e. The van der Waals surface area contributed by atoms with Crippen LogP contribution in [0.15, 0.2) is 0 Å². The van der Waals surface area contributed by atoms with E-state index in [1.54, 1.807) is 0 Å². The fourth-order valence-electron chi connectivity index (χ4n) is 2.48. The van der Waals surface area contributed by atoms with Gasteiger partial charge in [0.2, 0.25) is 10.1 Å². The van der Waals surface area contributed by atoms with Crippen molar-refractivity contribution in [2.24, 2.45) is 5.92 Å². The summed E-state index contributed by atoms with van der Waals surface area (Å²) < 4.78 is 0. The Morgan fingerprint density at radius 1 is 1.32 bits per heavy atom. The maximum absolute atomic E-state index is 11.9. The molecule has 19 heavy (non-hydrogen) atoms. The molecule has 2 rings (SSSR count). The average Bonchev–Trinajstić information content (AvgIpc) is 2.89. The molecule has 1 fully saturated rings. The zero-order valence-electron chi connectivity index (χ0n) is 11.4. The van der Waals surface area contributed by atoms with Crippen LogP contribution in [0.5, 0.6) is 0 Å². The molecule has 106 valence electrons. The van der Waals surface area contributed by atoms with Crippen molar-refractivity contribution < 1.29 is 4.79 Å². The first-order valence-corrected chi connectivity index (χ1v) is 7.97. The fourth-order valence-corrected chi connectivity index (χ4v) is 3.21.